The van der Waals surface area contributed by atoms with E-state index in [1.807, 2.05) is 61.5 Å². The van der Waals surface area contributed by atoms with Gasteiger partial charge in [-0.25, -0.2) is 9.79 Å². The molecule has 0 aliphatic carbocycles. The number of para-hydroxylation sites is 1. The van der Waals surface area contributed by atoms with E-state index in [9.17, 15) is 9.90 Å². The van der Waals surface area contributed by atoms with Crippen molar-refractivity contribution in [3.8, 4) is 5.75 Å². The Morgan fingerprint density at radius 3 is 2.59 bits per heavy atom. The van der Waals surface area contributed by atoms with E-state index in [1.165, 1.54) is 11.8 Å². The van der Waals surface area contributed by atoms with Crippen LogP contribution in [0.3, 0.4) is 0 Å². The molecule has 1 aliphatic rings. The quantitative estimate of drug-likeness (QED) is 0.380. The standard InChI is InChI=1S/C22H20INO4S/c1-3-27-17-11-10-14(12-16(17)23)13-18-20(25)19(22(26)28-4-2)21(29-18)24-15-8-6-5-7-9-15/h5-13,25H,3-4H2,1-2H3/b18-13-,24-21?. The molecule has 0 saturated carbocycles. The monoisotopic (exact) mass is 521 g/mol. The third kappa shape index (κ3) is 5.22. The van der Waals surface area contributed by atoms with Crippen LogP contribution >= 0.6 is 34.4 Å². The number of aliphatic imine (C=N–C) groups is 1. The van der Waals surface area contributed by atoms with Gasteiger partial charge >= 0.3 is 5.97 Å². The van der Waals surface area contributed by atoms with Gasteiger partial charge in [0.2, 0.25) is 0 Å². The minimum Gasteiger partial charge on any atom is -0.506 e. The minimum atomic E-state index is -0.586. The molecular formula is C22H20INO4S. The van der Waals surface area contributed by atoms with E-state index < -0.39 is 5.97 Å². The Kier molecular flexibility index (Phi) is 7.38. The van der Waals surface area contributed by atoms with Crippen LogP contribution in [0.1, 0.15) is 19.4 Å². The maximum atomic E-state index is 12.4. The second-order valence-electron chi connectivity index (χ2n) is 5.93. The van der Waals surface area contributed by atoms with Gasteiger partial charge in [0.25, 0.3) is 0 Å². The molecule has 0 amide bonds. The van der Waals surface area contributed by atoms with E-state index in [1.54, 1.807) is 6.92 Å². The lowest BCUT2D eigenvalue weighted by atomic mass is 10.1. The molecule has 0 aromatic heterocycles. The number of esters is 1. The highest BCUT2D eigenvalue weighted by Crippen LogP contribution is 2.40. The Hall–Kier alpha value is -2.26. The topological polar surface area (TPSA) is 68.1 Å². The highest BCUT2D eigenvalue weighted by Gasteiger charge is 2.33. The first kappa shape index (κ1) is 21.4. The zero-order valence-electron chi connectivity index (χ0n) is 16.0. The molecule has 150 valence electrons. The van der Waals surface area contributed by atoms with Gasteiger partial charge in [0.1, 0.15) is 22.1 Å². The zero-order chi connectivity index (χ0) is 20.8. The van der Waals surface area contributed by atoms with Crippen molar-refractivity contribution in [1.82, 2.24) is 0 Å². The summed E-state index contributed by atoms with van der Waals surface area (Å²) in [5.74, 6) is 0.108. The van der Waals surface area contributed by atoms with Crippen molar-refractivity contribution in [2.75, 3.05) is 13.2 Å². The Morgan fingerprint density at radius 1 is 1.17 bits per heavy atom. The van der Waals surface area contributed by atoms with Crippen molar-refractivity contribution >= 4 is 57.1 Å². The van der Waals surface area contributed by atoms with Crippen molar-refractivity contribution in [2.45, 2.75) is 13.8 Å². The van der Waals surface area contributed by atoms with Gasteiger partial charge in [-0.05, 0) is 72.3 Å². The van der Waals surface area contributed by atoms with E-state index in [2.05, 4.69) is 27.6 Å². The summed E-state index contributed by atoms with van der Waals surface area (Å²) in [6.45, 7) is 4.48. The first-order valence-electron chi connectivity index (χ1n) is 9.10. The number of benzene rings is 2. The second kappa shape index (κ2) is 9.98. The number of thioether (sulfide) groups is 1. The Labute approximate surface area is 187 Å². The molecular weight excluding hydrogens is 501 g/mol. The molecule has 0 atom stereocenters. The maximum Gasteiger partial charge on any atom is 0.344 e. The zero-order valence-corrected chi connectivity index (χ0v) is 19.0. The van der Waals surface area contributed by atoms with Crippen LogP contribution < -0.4 is 4.74 Å². The molecule has 0 saturated heterocycles. The molecule has 1 N–H and O–H groups in total. The van der Waals surface area contributed by atoms with Gasteiger partial charge in [-0.15, -0.1) is 0 Å². The predicted octanol–water partition coefficient (Wildman–Crippen LogP) is 5.88. The molecule has 7 heteroatoms. The van der Waals surface area contributed by atoms with Crippen LogP contribution in [-0.4, -0.2) is 29.3 Å². The molecule has 0 unspecified atom stereocenters. The molecule has 1 heterocycles. The summed E-state index contributed by atoms with van der Waals surface area (Å²) in [7, 11) is 0. The third-order valence-corrected chi connectivity index (χ3v) is 5.77. The summed E-state index contributed by atoms with van der Waals surface area (Å²) in [5.41, 5.74) is 1.67. The summed E-state index contributed by atoms with van der Waals surface area (Å²) >= 11 is 3.46. The molecule has 2 aromatic carbocycles. The van der Waals surface area contributed by atoms with Crippen LogP contribution in [0.4, 0.5) is 5.69 Å². The lowest BCUT2D eigenvalue weighted by Gasteiger charge is -2.06. The molecule has 0 radical (unpaired) electrons. The summed E-state index contributed by atoms with van der Waals surface area (Å²) < 4.78 is 11.7. The van der Waals surface area contributed by atoms with Crippen molar-refractivity contribution in [3.63, 3.8) is 0 Å². The van der Waals surface area contributed by atoms with E-state index in [4.69, 9.17) is 9.47 Å². The largest absolute Gasteiger partial charge is 0.506 e. The number of halogens is 1. The van der Waals surface area contributed by atoms with Crippen LogP contribution in [0, 0.1) is 3.57 Å². The fraction of sp³-hybridized carbons (Fsp3) is 0.182. The SMILES string of the molecule is CCOC(=O)C1=C(O)/C(=C/c2ccc(OCC)c(I)c2)SC1=Nc1ccccc1. The van der Waals surface area contributed by atoms with Crippen LogP contribution in [0.5, 0.6) is 5.75 Å². The number of carbonyl (C=O) groups is 1. The number of carbonyl (C=O) groups excluding carboxylic acids is 1. The molecule has 1 aliphatic heterocycles. The van der Waals surface area contributed by atoms with Gasteiger partial charge in [0.05, 0.1) is 27.4 Å². The smallest absolute Gasteiger partial charge is 0.344 e. The predicted molar refractivity (Wildman–Crippen MR) is 126 cm³/mol. The van der Waals surface area contributed by atoms with Gasteiger partial charge in [-0.2, -0.15) is 0 Å². The average molecular weight is 521 g/mol. The van der Waals surface area contributed by atoms with Crippen molar-refractivity contribution < 1.29 is 19.4 Å². The number of ether oxygens (including phenoxy) is 2. The second-order valence-corrected chi connectivity index (χ2v) is 8.12. The van der Waals surface area contributed by atoms with Gasteiger partial charge in [-0.1, -0.05) is 36.0 Å². The summed E-state index contributed by atoms with van der Waals surface area (Å²) in [5, 5.41) is 11.2. The number of aliphatic hydroxyl groups is 1. The van der Waals surface area contributed by atoms with E-state index >= 15 is 0 Å². The molecule has 0 spiro atoms. The van der Waals surface area contributed by atoms with Crippen LogP contribution in [-0.2, 0) is 9.53 Å². The number of aliphatic hydroxyl groups excluding tert-OH is 1. The van der Waals surface area contributed by atoms with Gasteiger partial charge in [0, 0.05) is 0 Å². The van der Waals surface area contributed by atoms with Gasteiger partial charge in [0.15, 0.2) is 0 Å². The summed E-state index contributed by atoms with van der Waals surface area (Å²) in [6.07, 6.45) is 1.82. The first-order valence-corrected chi connectivity index (χ1v) is 11.0. The minimum absolute atomic E-state index is 0.0904. The molecule has 29 heavy (non-hydrogen) atoms. The average Bonchev–Trinajstić information content (AvgIpc) is 3.00. The fourth-order valence-corrected chi connectivity index (χ4v) is 4.37. The van der Waals surface area contributed by atoms with Crippen LogP contribution in [0.2, 0.25) is 0 Å². The number of hydrogen-bond acceptors (Lipinski definition) is 6. The van der Waals surface area contributed by atoms with Crippen molar-refractivity contribution in [2.24, 2.45) is 4.99 Å². The summed E-state index contributed by atoms with van der Waals surface area (Å²) in [4.78, 5) is 17.5. The highest BCUT2D eigenvalue weighted by molar-refractivity contribution is 14.1. The third-order valence-electron chi connectivity index (χ3n) is 3.91. The van der Waals surface area contributed by atoms with E-state index in [0.717, 1.165) is 14.9 Å². The van der Waals surface area contributed by atoms with Crippen LogP contribution in [0.15, 0.2) is 69.8 Å². The summed E-state index contributed by atoms with van der Waals surface area (Å²) in [6, 6.07) is 15.1. The molecule has 5 nitrogen and oxygen atoms in total. The number of hydrogen-bond donors (Lipinski definition) is 1. The van der Waals surface area contributed by atoms with Gasteiger partial charge in [-0.3, -0.25) is 0 Å². The van der Waals surface area contributed by atoms with Crippen molar-refractivity contribution in [1.29, 1.82) is 0 Å². The van der Waals surface area contributed by atoms with E-state index in [0.29, 0.717) is 22.2 Å². The molecule has 3 rings (SSSR count). The Morgan fingerprint density at radius 2 is 1.93 bits per heavy atom. The lowest BCUT2D eigenvalue weighted by Crippen LogP contribution is -2.12. The fourth-order valence-electron chi connectivity index (χ4n) is 2.64. The maximum absolute atomic E-state index is 12.4. The lowest BCUT2D eigenvalue weighted by molar-refractivity contribution is -0.138. The molecule has 0 fully saturated rings. The van der Waals surface area contributed by atoms with E-state index in [-0.39, 0.29) is 17.9 Å². The normalized spacial score (nSPS) is 16.5. The molecule has 0 bridgehead atoms. The Balaban J connectivity index is 2.00. The Bertz CT molecular complexity index is 999. The van der Waals surface area contributed by atoms with Crippen LogP contribution in [0.25, 0.3) is 6.08 Å². The first-order chi connectivity index (χ1) is 14.0. The van der Waals surface area contributed by atoms with Crippen molar-refractivity contribution in [3.05, 3.63) is 73.9 Å². The van der Waals surface area contributed by atoms with Gasteiger partial charge < -0.3 is 14.6 Å². The number of nitrogens with zero attached hydrogens (tertiary/aromatic N) is 1. The number of rotatable bonds is 6. The highest BCUT2D eigenvalue weighted by atomic mass is 127. The molecule has 2 aromatic rings.